The van der Waals surface area contributed by atoms with Crippen LogP contribution in [0.2, 0.25) is 0 Å². The first-order valence-corrected chi connectivity index (χ1v) is 13.8. The first-order valence-electron chi connectivity index (χ1n) is 12.8. The van der Waals surface area contributed by atoms with Crippen molar-refractivity contribution >= 4 is 29.5 Å². The first kappa shape index (κ1) is 24.1. The molecule has 0 amide bonds. The summed E-state index contributed by atoms with van der Waals surface area (Å²) in [7, 11) is 0. The fraction of sp³-hybridized carbons (Fsp3) is 0.750. The lowest BCUT2D eigenvalue weighted by Crippen LogP contribution is -2.67. The van der Waals surface area contributed by atoms with Crippen LogP contribution >= 0.6 is 11.8 Å². The Morgan fingerprint density at radius 3 is 2.50 bits per heavy atom. The predicted octanol–water partition coefficient (Wildman–Crippen LogP) is 5.28. The van der Waals surface area contributed by atoms with E-state index in [4.69, 9.17) is 9.47 Å². The summed E-state index contributed by atoms with van der Waals surface area (Å²) in [5.41, 5.74) is -0.220. The topological polar surface area (TPSA) is 69.7 Å². The van der Waals surface area contributed by atoms with E-state index in [0.29, 0.717) is 18.6 Å². The summed E-state index contributed by atoms with van der Waals surface area (Å²) in [6.45, 7) is 12.5. The minimum absolute atomic E-state index is 0.0656. The van der Waals surface area contributed by atoms with Crippen LogP contribution in [0.25, 0.3) is 0 Å². The quantitative estimate of drug-likeness (QED) is 0.391. The highest BCUT2D eigenvalue weighted by Crippen LogP contribution is 2.71. The van der Waals surface area contributed by atoms with Crippen LogP contribution in [0.15, 0.2) is 23.8 Å². The zero-order valence-electron chi connectivity index (χ0n) is 21.3. The molecule has 34 heavy (non-hydrogen) atoms. The molecule has 5 nitrogen and oxygen atoms in total. The van der Waals surface area contributed by atoms with Crippen LogP contribution in [0.1, 0.15) is 73.6 Å². The van der Waals surface area contributed by atoms with Crippen molar-refractivity contribution < 1.29 is 23.9 Å². The monoisotopic (exact) mass is 486 g/mol. The molecule has 0 bridgehead atoms. The SMILES string of the molecule is CC(=O)OC1CC2C(C)(C)C(=O)CCC2(C)C2CCC3(C)C(=CC(=O)OC3C3C=CCS3)C12C. The third-order valence-corrected chi connectivity index (χ3v) is 11.7. The number of cyclic esters (lactones) is 1. The van der Waals surface area contributed by atoms with Crippen LogP contribution in [-0.2, 0) is 23.9 Å². The molecule has 0 aromatic rings. The van der Waals surface area contributed by atoms with E-state index in [-0.39, 0.29) is 52.1 Å². The van der Waals surface area contributed by atoms with E-state index >= 15 is 0 Å². The largest absolute Gasteiger partial charge is 0.462 e. The number of Topliss-reactive ketones (excluding diaryl/α,β-unsaturated/α-hetero) is 1. The second-order valence-corrected chi connectivity index (χ2v) is 13.7. The van der Waals surface area contributed by atoms with Crippen molar-refractivity contribution in [1.29, 1.82) is 0 Å². The van der Waals surface area contributed by atoms with Crippen LogP contribution < -0.4 is 0 Å². The third kappa shape index (κ3) is 3.16. The summed E-state index contributed by atoms with van der Waals surface area (Å²) < 4.78 is 12.1. The summed E-state index contributed by atoms with van der Waals surface area (Å²) >= 11 is 1.82. The first-order chi connectivity index (χ1) is 15.8. The maximum Gasteiger partial charge on any atom is 0.331 e. The molecule has 8 atom stereocenters. The molecule has 0 radical (unpaired) electrons. The van der Waals surface area contributed by atoms with Gasteiger partial charge in [-0.1, -0.05) is 46.8 Å². The average molecular weight is 487 g/mol. The molecular formula is C28H38O5S. The van der Waals surface area contributed by atoms with E-state index in [1.165, 1.54) is 6.92 Å². The van der Waals surface area contributed by atoms with Gasteiger partial charge in [-0.2, -0.15) is 0 Å². The number of ketones is 1. The zero-order valence-corrected chi connectivity index (χ0v) is 22.1. The average Bonchev–Trinajstić information content (AvgIpc) is 3.28. The molecule has 0 spiro atoms. The molecule has 5 aliphatic rings. The van der Waals surface area contributed by atoms with E-state index in [1.54, 1.807) is 6.08 Å². The van der Waals surface area contributed by atoms with Crippen LogP contribution in [-0.4, -0.2) is 40.9 Å². The molecule has 0 saturated heterocycles. The molecule has 0 aromatic heterocycles. The van der Waals surface area contributed by atoms with Gasteiger partial charge in [0.1, 0.15) is 18.0 Å². The van der Waals surface area contributed by atoms with E-state index in [9.17, 15) is 14.4 Å². The number of hydrogen-bond donors (Lipinski definition) is 0. The number of carbonyl (C=O) groups excluding carboxylic acids is 3. The van der Waals surface area contributed by atoms with Gasteiger partial charge in [-0.3, -0.25) is 9.59 Å². The molecule has 6 heteroatoms. The number of ether oxygens (including phenoxy) is 2. The Balaban J connectivity index is 1.65. The van der Waals surface area contributed by atoms with E-state index in [0.717, 1.165) is 30.6 Å². The Hall–Kier alpha value is -1.56. The maximum atomic E-state index is 13.0. The van der Waals surface area contributed by atoms with E-state index in [1.807, 2.05) is 11.8 Å². The van der Waals surface area contributed by atoms with Crippen LogP contribution in [0.5, 0.6) is 0 Å². The Morgan fingerprint density at radius 1 is 1.12 bits per heavy atom. The van der Waals surface area contributed by atoms with Crippen molar-refractivity contribution in [3.05, 3.63) is 23.8 Å². The number of esters is 2. The zero-order chi connectivity index (χ0) is 24.7. The standard InChI is InChI=1S/C28H38O5S/c1-16(29)32-22-14-19-25(2,3)21(30)10-12-26(19,4)18-9-11-27(5)20(28(18,22)6)15-23(31)33-24(27)17-8-7-13-34-17/h7-8,15,17-19,22,24H,9-14H2,1-6H3. The van der Waals surface area contributed by atoms with Crippen molar-refractivity contribution in [3.8, 4) is 0 Å². The maximum absolute atomic E-state index is 13.0. The van der Waals surface area contributed by atoms with Crippen molar-refractivity contribution in [2.24, 2.45) is 33.5 Å². The summed E-state index contributed by atoms with van der Waals surface area (Å²) in [6, 6.07) is 0. The van der Waals surface area contributed by atoms with Crippen LogP contribution in [0.3, 0.4) is 0 Å². The Labute approximate surface area is 207 Å². The van der Waals surface area contributed by atoms with E-state index < -0.39 is 10.8 Å². The summed E-state index contributed by atoms with van der Waals surface area (Å²) in [5, 5.41) is 0.142. The highest BCUT2D eigenvalue weighted by Gasteiger charge is 2.69. The van der Waals surface area contributed by atoms with Gasteiger partial charge < -0.3 is 9.47 Å². The molecule has 0 N–H and O–H groups in total. The Morgan fingerprint density at radius 2 is 1.85 bits per heavy atom. The molecule has 5 rings (SSSR count). The second kappa shape index (κ2) is 7.72. The Kier molecular flexibility index (Phi) is 5.48. The summed E-state index contributed by atoms with van der Waals surface area (Å²) in [4.78, 5) is 38.4. The number of rotatable bonds is 2. The molecule has 3 saturated carbocycles. The van der Waals surface area contributed by atoms with Crippen molar-refractivity contribution in [2.75, 3.05) is 5.75 Å². The minimum atomic E-state index is -0.481. The van der Waals surface area contributed by atoms with Crippen molar-refractivity contribution in [3.63, 3.8) is 0 Å². The molecular weight excluding hydrogens is 448 g/mol. The molecule has 3 fully saturated rings. The summed E-state index contributed by atoms with van der Waals surface area (Å²) in [5.74, 6) is 1.01. The molecule has 2 aliphatic heterocycles. The van der Waals surface area contributed by atoms with Crippen LogP contribution in [0.4, 0.5) is 0 Å². The second-order valence-electron chi connectivity index (χ2n) is 12.5. The smallest absolute Gasteiger partial charge is 0.331 e. The highest BCUT2D eigenvalue weighted by atomic mass is 32.2. The minimum Gasteiger partial charge on any atom is -0.462 e. The van der Waals surface area contributed by atoms with Gasteiger partial charge in [0.15, 0.2) is 0 Å². The van der Waals surface area contributed by atoms with Gasteiger partial charge in [0.2, 0.25) is 0 Å². The number of fused-ring (bicyclic) bond motifs is 5. The lowest BCUT2D eigenvalue weighted by atomic mass is 9.37. The molecule has 2 heterocycles. The fourth-order valence-corrected chi connectivity index (χ4v) is 10.1. The van der Waals surface area contributed by atoms with Gasteiger partial charge in [-0.25, -0.2) is 4.79 Å². The van der Waals surface area contributed by atoms with Gasteiger partial charge in [0, 0.05) is 41.4 Å². The van der Waals surface area contributed by atoms with Gasteiger partial charge in [-0.05, 0) is 48.5 Å². The Bertz CT molecular complexity index is 997. The number of thioether (sulfide) groups is 1. The molecule has 186 valence electrons. The van der Waals surface area contributed by atoms with Crippen molar-refractivity contribution in [2.45, 2.75) is 91.1 Å². The van der Waals surface area contributed by atoms with Crippen LogP contribution in [0, 0.1) is 33.5 Å². The molecule has 8 unspecified atom stereocenters. The lowest BCUT2D eigenvalue weighted by Gasteiger charge is -2.68. The highest BCUT2D eigenvalue weighted by molar-refractivity contribution is 8.00. The number of carbonyl (C=O) groups is 3. The fourth-order valence-electron chi connectivity index (χ4n) is 8.86. The van der Waals surface area contributed by atoms with Gasteiger partial charge in [0.05, 0.1) is 5.25 Å². The van der Waals surface area contributed by atoms with Gasteiger partial charge in [0.25, 0.3) is 0 Å². The van der Waals surface area contributed by atoms with Gasteiger partial charge in [-0.15, -0.1) is 11.8 Å². The normalized spacial score (nSPS) is 47.1. The number of hydrogen-bond acceptors (Lipinski definition) is 6. The molecule has 0 aromatic carbocycles. The molecule has 3 aliphatic carbocycles. The lowest BCUT2D eigenvalue weighted by molar-refractivity contribution is -0.210. The van der Waals surface area contributed by atoms with E-state index in [2.05, 4.69) is 46.8 Å². The van der Waals surface area contributed by atoms with Gasteiger partial charge >= 0.3 is 11.9 Å². The summed E-state index contributed by atoms with van der Waals surface area (Å²) in [6.07, 6.45) is 9.45. The predicted molar refractivity (Wildman–Crippen MR) is 132 cm³/mol. The van der Waals surface area contributed by atoms with Crippen molar-refractivity contribution in [1.82, 2.24) is 0 Å². The third-order valence-electron chi connectivity index (χ3n) is 10.5.